The number of hydrogen-bond acceptors (Lipinski definition) is 1. The third-order valence-electron chi connectivity index (χ3n) is 2.48. The number of benzene rings is 1. The van der Waals surface area contributed by atoms with Crippen LogP contribution in [0.15, 0.2) is 18.2 Å². The van der Waals surface area contributed by atoms with E-state index in [1.54, 1.807) is 0 Å². The molecular weight excluding hydrogens is 233 g/mol. The Hall–Kier alpha value is -0.280. The smallest absolute Gasteiger partial charge is 0.109 e. The van der Waals surface area contributed by atoms with Crippen LogP contribution in [0.4, 0.5) is 0 Å². The highest BCUT2D eigenvalue weighted by atomic mass is 35.5. The molecule has 0 unspecified atom stereocenters. The lowest BCUT2D eigenvalue weighted by Crippen LogP contribution is -2.89. The highest BCUT2D eigenvalue weighted by molar-refractivity contribution is 6.35. The molecule has 1 aromatic carbocycles. The molecule has 0 saturated heterocycles. The van der Waals surface area contributed by atoms with Crippen molar-refractivity contribution in [2.75, 3.05) is 6.61 Å². The predicted octanol–water partition coefficient (Wildman–Crippen LogP) is 1.83. The van der Waals surface area contributed by atoms with Gasteiger partial charge in [0.2, 0.25) is 0 Å². The fraction of sp³-hybridized carbons (Fsp3) is 0.455. The average Bonchev–Trinajstić information content (AvgIpc) is 2.23. The van der Waals surface area contributed by atoms with Crippen LogP contribution < -0.4 is 5.32 Å². The number of halogens is 2. The van der Waals surface area contributed by atoms with Crippen LogP contribution in [-0.4, -0.2) is 17.8 Å². The molecule has 1 rings (SSSR count). The van der Waals surface area contributed by atoms with Gasteiger partial charge in [-0.1, -0.05) is 36.2 Å². The van der Waals surface area contributed by atoms with Crippen LogP contribution in [0.3, 0.4) is 0 Å². The molecule has 2 nitrogen and oxygen atoms in total. The molecule has 0 fully saturated rings. The fourth-order valence-electron chi connectivity index (χ4n) is 1.38. The van der Waals surface area contributed by atoms with Crippen LogP contribution in [0.5, 0.6) is 0 Å². The van der Waals surface area contributed by atoms with Crippen molar-refractivity contribution in [1.82, 2.24) is 0 Å². The second kappa shape index (κ2) is 6.33. The van der Waals surface area contributed by atoms with Gasteiger partial charge in [-0.15, -0.1) is 0 Å². The maximum Gasteiger partial charge on any atom is 0.109 e. The molecule has 0 aromatic heterocycles. The van der Waals surface area contributed by atoms with Gasteiger partial charge in [-0.3, -0.25) is 0 Å². The van der Waals surface area contributed by atoms with Crippen LogP contribution in [0, 0.1) is 0 Å². The summed E-state index contributed by atoms with van der Waals surface area (Å²) in [6, 6.07) is 5.71. The average molecular weight is 249 g/mol. The predicted molar refractivity (Wildman–Crippen MR) is 63.3 cm³/mol. The standard InChI is InChI=1S/C11H15Cl2NO/c1-2-8(7-15)14-6-9-10(12)4-3-5-11(9)13/h3-5,8,14-15H,2,6-7H2,1H3/p+1/t8-/m1/s1. The van der Waals surface area contributed by atoms with E-state index in [-0.39, 0.29) is 12.6 Å². The van der Waals surface area contributed by atoms with Crippen molar-refractivity contribution < 1.29 is 10.4 Å². The Morgan fingerprint density at radius 1 is 1.33 bits per heavy atom. The van der Waals surface area contributed by atoms with Crippen molar-refractivity contribution in [3.8, 4) is 0 Å². The minimum Gasteiger partial charge on any atom is -0.390 e. The van der Waals surface area contributed by atoms with Gasteiger partial charge in [0, 0.05) is 5.56 Å². The van der Waals surface area contributed by atoms with E-state index in [1.165, 1.54) is 0 Å². The Morgan fingerprint density at radius 2 is 1.93 bits per heavy atom. The van der Waals surface area contributed by atoms with Crippen molar-refractivity contribution in [1.29, 1.82) is 0 Å². The first kappa shape index (κ1) is 12.8. The van der Waals surface area contributed by atoms with Gasteiger partial charge >= 0.3 is 0 Å². The molecule has 1 aromatic rings. The van der Waals surface area contributed by atoms with E-state index in [2.05, 4.69) is 5.32 Å². The number of aliphatic hydroxyl groups is 1. The van der Waals surface area contributed by atoms with E-state index in [1.807, 2.05) is 25.1 Å². The van der Waals surface area contributed by atoms with E-state index >= 15 is 0 Å². The summed E-state index contributed by atoms with van der Waals surface area (Å²) in [6.45, 7) is 2.93. The summed E-state index contributed by atoms with van der Waals surface area (Å²) >= 11 is 12.1. The van der Waals surface area contributed by atoms with Crippen LogP contribution in [0.25, 0.3) is 0 Å². The third kappa shape index (κ3) is 3.65. The zero-order valence-corrected chi connectivity index (χ0v) is 10.2. The molecule has 0 bridgehead atoms. The van der Waals surface area contributed by atoms with E-state index in [0.29, 0.717) is 16.6 Å². The fourth-order valence-corrected chi connectivity index (χ4v) is 1.93. The SMILES string of the molecule is CC[C@H](CO)[NH2+]Cc1c(Cl)cccc1Cl. The summed E-state index contributed by atoms with van der Waals surface area (Å²) in [5, 5.41) is 12.5. The first-order chi connectivity index (χ1) is 7.19. The first-order valence-electron chi connectivity index (χ1n) is 5.06. The maximum absolute atomic E-state index is 9.05. The summed E-state index contributed by atoms with van der Waals surface area (Å²) in [6.07, 6.45) is 0.929. The second-order valence-corrected chi connectivity index (χ2v) is 4.31. The summed E-state index contributed by atoms with van der Waals surface area (Å²) < 4.78 is 0. The molecule has 3 N–H and O–H groups in total. The highest BCUT2D eigenvalue weighted by Crippen LogP contribution is 2.22. The van der Waals surface area contributed by atoms with Crippen molar-refractivity contribution in [2.24, 2.45) is 0 Å². The van der Waals surface area contributed by atoms with Gasteiger partial charge in [-0.25, -0.2) is 0 Å². The van der Waals surface area contributed by atoms with Gasteiger partial charge in [-0.05, 0) is 18.6 Å². The number of aliphatic hydroxyl groups excluding tert-OH is 1. The lowest BCUT2D eigenvalue weighted by Gasteiger charge is -2.12. The number of rotatable bonds is 5. The van der Waals surface area contributed by atoms with Crippen molar-refractivity contribution >= 4 is 23.2 Å². The Balaban J connectivity index is 2.64. The lowest BCUT2D eigenvalue weighted by atomic mass is 10.2. The maximum atomic E-state index is 9.05. The second-order valence-electron chi connectivity index (χ2n) is 3.49. The van der Waals surface area contributed by atoms with Crippen LogP contribution in [0.2, 0.25) is 10.0 Å². The number of nitrogens with two attached hydrogens (primary N) is 1. The number of quaternary nitrogens is 1. The van der Waals surface area contributed by atoms with Gasteiger partial charge < -0.3 is 10.4 Å². The Labute approximate surface area is 100 Å². The van der Waals surface area contributed by atoms with Gasteiger partial charge in [0.15, 0.2) is 0 Å². The molecule has 0 heterocycles. The quantitative estimate of drug-likeness (QED) is 0.820. The molecular formula is C11H16Cl2NO+. The summed E-state index contributed by atoms with van der Waals surface area (Å²) in [4.78, 5) is 0. The van der Waals surface area contributed by atoms with Gasteiger partial charge in [-0.2, -0.15) is 0 Å². The molecule has 0 aliphatic heterocycles. The van der Waals surface area contributed by atoms with E-state index in [4.69, 9.17) is 28.3 Å². The molecule has 0 spiro atoms. The van der Waals surface area contributed by atoms with Gasteiger partial charge in [0.05, 0.1) is 16.7 Å². The van der Waals surface area contributed by atoms with Crippen molar-refractivity contribution in [2.45, 2.75) is 25.9 Å². The van der Waals surface area contributed by atoms with Crippen LogP contribution >= 0.6 is 23.2 Å². The Morgan fingerprint density at radius 3 is 2.40 bits per heavy atom. The van der Waals surface area contributed by atoms with Crippen LogP contribution in [0.1, 0.15) is 18.9 Å². The largest absolute Gasteiger partial charge is 0.390 e. The Kier molecular flexibility index (Phi) is 5.40. The third-order valence-corrected chi connectivity index (χ3v) is 3.18. The molecule has 0 amide bonds. The molecule has 15 heavy (non-hydrogen) atoms. The molecule has 1 atom stereocenters. The molecule has 84 valence electrons. The number of hydrogen-bond donors (Lipinski definition) is 2. The molecule has 4 heteroatoms. The minimum absolute atomic E-state index is 0.179. The van der Waals surface area contributed by atoms with E-state index in [9.17, 15) is 0 Å². The van der Waals surface area contributed by atoms with Gasteiger partial charge in [0.1, 0.15) is 12.6 Å². The van der Waals surface area contributed by atoms with Crippen molar-refractivity contribution in [3.05, 3.63) is 33.8 Å². The van der Waals surface area contributed by atoms with Crippen molar-refractivity contribution in [3.63, 3.8) is 0 Å². The topological polar surface area (TPSA) is 36.8 Å². The Bertz CT molecular complexity index is 293. The summed E-state index contributed by atoms with van der Waals surface area (Å²) in [5.74, 6) is 0. The monoisotopic (exact) mass is 248 g/mol. The molecule has 0 aliphatic rings. The van der Waals surface area contributed by atoms with Crippen LogP contribution in [-0.2, 0) is 6.54 Å². The lowest BCUT2D eigenvalue weighted by molar-refractivity contribution is -0.706. The zero-order chi connectivity index (χ0) is 11.3. The van der Waals surface area contributed by atoms with Gasteiger partial charge in [0.25, 0.3) is 0 Å². The zero-order valence-electron chi connectivity index (χ0n) is 8.71. The highest BCUT2D eigenvalue weighted by Gasteiger charge is 2.11. The minimum atomic E-state index is 0.179. The summed E-state index contributed by atoms with van der Waals surface area (Å²) in [7, 11) is 0. The van der Waals surface area contributed by atoms with E-state index in [0.717, 1.165) is 12.0 Å². The molecule has 0 aliphatic carbocycles. The molecule has 0 radical (unpaired) electrons. The van der Waals surface area contributed by atoms with E-state index < -0.39 is 0 Å². The first-order valence-corrected chi connectivity index (χ1v) is 5.81. The normalized spacial score (nSPS) is 12.8. The molecule has 0 saturated carbocycles. The summed E-state index contributed by atoms with van der Waals surface area (Å²) in [5.41, 5.74) is 0.938.